The smallest absolute Gasteiger partial charge is 0.333 e. The van der Waals surface area contributed by atoms with E-state index in [1.165, 1.54) is 4.68 Å². The van der Waals surface area contributed by atoms with E-state index in [1.807, 2.05) is 20.0 Å². The van der Waals surface area contributed by atoms with Crippen LogP contribution in [0.4, 0.5) is 11.5 Å². The number of hydrogen-bond donors (Lipinski definition) is 1. The SMILES string of the molecule is CCc1nn(C)c(NCCn2cc(C)cn2)c1[N+](=O)[O-]. The van der Waals surface area contributed by atoms with Gasteiger partial charge >= 0.3 is 5.69 Å². The summed E-state index contributed by atoms with van der Waals surface area (Å²) < 4.78 is 3.32. The zero-order chi connectivity index (χ0) is 14.7. The first-order chi connectivity index (χ1) is 9.52. The highest BCUT2D eigenvalue weighted by Crippen LogP contribution is 2.28. The molecule has 1 N–H and O–H groups in total. The first kappa shape index (κ1) is 14.0. The second-order valence-corrected chi connectivity index (χ2v) is 4.59. The number of hydrogen-bond acceptors (Lipinski definition) is 5. The second-order valence-electron chi connectivity index (χ2n) is 4.59. The third kappa shape index (κ3) is 2.79. The van der Waals surface area contributed by atoms with Crippen molar-refractivity contribution in [3.8, 4) is 0 Å². The zero-order valence-electron chi connectivity index (χ0n) is 11.8. The minimum absolute atomic E-state index is 0.0617. The zero-order valence-corrected chi connectivity index (χ0v) is 11.8. The fraction of sp³-hybridized carbons (Fsp3) is 0.500. The van der Waals surface area contributed by atoms with Crippen molar-refractivity contribution >= 4 is 11.5 Å². The molecule has 8 nitrogen and oxygen atoms in total. The van der Waals surface area contributed by atoms with Gasteiger partial charge < -0.3 is 5.32 Å². The van der Waals surface area contributed by atoms with E-state index in [9.17, 15) is 10.1 Å². The van der Waals surface area contributed by atoms with E-state index in [1.54, 1.807) is 17.9 Å². The molecule has 2 aromatic heterocycles. The Hall–Kier alpha value is -2.38. The van der Waals surface area contributed by atoms with Crippen LogP contribution in [-0.2, 0) is 20.0 Å². The molecule has 2 rings (SSSR count). The fourth-order valence-corrected chi connectivity index (χ4v) is 2.07. The van der Waals surface area contributed by atoms with Gasteiger partial charge in [-0.15, -0.1) is 0 Å². The van der Waals surface area contributed by atoms with Crippen molar-refractivity contribution in [2.45, 2.75) is 26.8 Å². The van der Waals surface area contributed by atoms with Crippen molar-refractivity contribution in [1.82, 2.24) is 19.6 Å². The van der Waals surface area contributed by atoms with Crippen molar-refractivity contribution in [3.63, 3.8) is 0 Å². The van der Waals surface area contributed by atoms with Crippen molar-refractivity contribution < 1.29 is 4.92 Å². The van der Waals surface area contributed by atoms with Gasteiger partial charge in [0.1, 0.15) is 5.69 Å². The molecule has 2 heterocycles. The molecule has 0 spiro atoms. The van der Waals surface area contributed by atoms with E-state index in [4.69, 9.17) is 0 Å². The number of nitrogens with one attached hydrogen (secondary N) is 1. The van der Waals surface area contributed by atoms with Gasteiger partial charge in [-0.1, -0.05) is 6.92 Å². The van der Waals surface area contributed by atoms with Crippen LogP contribution in [0.5, 0.6) is 0 Å². The molecule has 8 heteroatoms. The van der Waals surface area contributed by atoms with Gasteiger partial charge in [-0.25, -0.2) is 4.68 Å². The van der Waals surface area contributed by atoms with Gasteiger partial charge in [0.25, 0.3) is 0 Å². The molecule has 0 bridgehead atoms. The summed E-state index contributed by atoms with van der Waals surface area (Å²) in [7, 11) is 1.70. The number of nitro groups is 1. The Morgan fingerprint density at radius 2 is 2.25 bits per heavy atom. The Kier molecular flexibility index (Phi) is 4.02. The van der Waals surface area contributed by atoms with E-state index in [2.05, 4.69) is 15.5 Å². The Morgan fingerprint density at radius 1 is 1.50 bits per heavy atom. The Bertz CT molecular complexity index is 615. The van der Waals surface area contributed by atoms with Gasteiger partial charge in [-0.3, -0.25) is 14.8 Å². The van der Waals surface area contributed by atoms with Crippen LogP contribution in [0.2, 0.25) is 0 Å². The molecule has 0 aromatic carbocycles. The lowest BCUT2D eigenvalue weighted by Gasteiger charge is -2.06. The van der Waals surface area contributed by atoms with Crippen LogP contribution in [0.3, 0.4) is 0 Å². The molecule has 0 atom stereocenters. The molecule has 0 aliphatic rings. The normalized spacial score (nSPS) is 10.8. The molecule has 0 amide bonds. The molecule has 0 unspecified atom stereocenters. The highest BCUT2D eigenvalue weighted by molar-refractivity contribution is 5.59. The van der Waals surface area contributed by atoms with Crippen molar-refractivity contribution in [2.24, 2.45) is 7.05 Å². The lowest BCUT2D eigenvalue weighted by atomic mass is 10.3. The van der Waals surface area contributed by atoms with E-state index in [0.717, 1.165) is 5.56 Å². The second kappa shape index (κ2) is 5.72. The van der Waals surface area contributed by atoms with Crippen molar-refractivity contribution in [2.75, 3.05) is 11.9 Å². The van der Waals surface area contributed by atoms with Crippen LogP contribution >= 0.6 is 0 Å². The van der Waals surface area contributed by atoms with Crippen LogP contribution in [0.1, 0.15) is 18.2 Å². The molecule has 0 fully saturated rings. The van der Waals surface area contributed by atoms with Crippen LogP contribution in [0.15, 0.2) is 12.4 Å². The summed E-state index contributed by atoms with van der Waals surface area (Å²) in [4.78, 5) is 10.8. The number of aryl methyl sites for hydroxylation is 3. The third-order valence-corrected chi connectivity index (χ3v) is 3.01. The van der Waals surface area contributed by atoms with E-state index >= 15 is 0 Å². The molecule has 0 saturated carbocycles. The van der Waals surface area contributed by atoms with Crippen molar-refractivity contribution in [1.29, 1.82) is 0 Å². The van der Waals surface area contributed by atoms with Gasteiger partial charge in [-0.05, 0) is 18.9 Å². The van der Waals surface area contributed by atoms with E-state index < -0.39 is 0 Å². The fourth-order valence-electron chi connectivity index (χ4n) is 2.07. The summed E-state index contributed by atoms with van der Waals surface area (Å²) >= 11 is 0. The third-order valence-electron chi connectivity index (χ3n) is 3.01. The van der Waals surface area contributed by atoms with Crippen LogP contribution in [0.25, 0.3) is 0 Å². The molecule has 0 radical (unpaired) electrons. The number of anilines is 1. The molecular formula is C12H18N6O2. The summed E-state index contributed by atoms with van der Waals surface area (Å²) in [6.07, 6.45) is 4.24. The van der Waals surface area contributed by atoms with Crippen molar-refractivity contribution in [3.05, 3.63) is 33.8 Å². The predicted molar refractivity (Wildman–Crippen MR) is 74.7 cm³/mol. The quantitative estimate of drug-likeness (QED) is 0.639. The monoisotopic (exact) mass is 278 g/mol. The lowest BCUT2D eigenvalue weighted by Crippen LogP contribution is -2.13. The standard InChI is InChI=1S/C12H18N6O2/c1-4-10-11(18(19)20)12(16(3)15-10)13-5-6-17-8-9(2)7-14-17/h7-8,13H,4-6H2,1-3H3. The Balaban J connectivity index is 2.09. The molecule has 0 saturated heterocycles. The number of nitrogens with zero attached hydrogens (tertiary/aromatic N) is 5. The van der Waals surface area contributed by atoms with E-state index in [-0.39, 0.29) is 10.6 Å². The summed E-state index contributed by atoms with van der Waals surface area (Å²) in [6.45, 7) is 5.00. The Labute approximate surface area is 116 Å². The van der Waals surface area contributed by atoms with Gasteiger partial charge in [0.15, 0.2) is 0 Å². The molecule has 0 aliphatic heterocycles. The van der Waals surface area contributed by atoms with Gasteiger partial charge in [0.05, 0.1) is 17.7 Å². The summed E-state index contributed by atoms with van der Waals surface area (Å²) in [5.74, 6) is 0.440. The maximum Gasteiger partial charge on any atom is 0.333 e. The average molecular weight is 278 g/mol. The van der Waals surface area contributed by atoms with Gasteiger partial charge in [-0.2, -0.15) is 10.2 Å². The first-order valence-corrected chi connectivity index (χ1v) is 6.46. The van der Waals surface area contributed by atoms with Gasteiger partial charge in [0.2, 0.25) is 5.82 Å². The largest absolute Gasteiger partial charge is 0.363 e. The minimum Gasteiger partial charge on any atom is -0.363 e. The number of aromatic nitrogens is 4. The molecule has 2 aromatic rings. The molecule has 108 valence electrons. The van der Waals surface area contributed by atoms with Gasteiger partial charge in [0, 0.05) is 19.8 Å². The molecule has 0 aliphatic carbocycles. The topological polar surface area (TPSA) is 90.8 Å². The Morgan fingerprint density at radius 3 is 2.80 bits per heavy atom. The van der Waals surface area contributed by atoms with Crippen LogP contribution < -0.4 is 5.32 Å². The molecule has 20 heavy (non-hydrogen) atoms. The maximum atomic E-state index is 11.1. The predicted octanol–water partition coefficient (Wildman–Crippen LogP) is 1.51. The average Bonchev–Trinajstić information content (AvgIpc) is 2.94. The highest BCUT2D eigenvalue weighted by atomic mass is 16.6. The summed E-state index contributed by atoms with van der Waals surface area (Å²) in [5, 5.41) is 22.6. The minimum atomic E-state index is -0.383. The number of rotatable bonds is 6. The van der Waals surface area contributed by atoms with Crippen LogP contribution in [0, 0.1) is 17.0 Å². The summed E-state index contributed by atoms with van der Waals surface area (Å²) in [6, 6.07) is 0. The van der Waals surface area contributed by atoms with E-state index in [0.29, 0.717) is 31.0 Å². The lowest BCUT2D eigenvalue weighted by molar-refractivity contribution is -0.384. The summed E-state index contributed by atoms with van der Waals surface area (Å²) in [5.41, 5.74) is 1.64. The molecular weight excluding hydrogens is 260 g/mol. The first-order valence-electron chi connectivity index (χ1n) is 6.46. The van der Waals surface area contributed by atoms with Crippen LogP contribution in [-0.4, -0.2) is 31.0 Å². The maximum absolute atomic E-state index is 11.1. The highest BCUT2D eigenvalue weighted by Gasteiger charge is 2.25.